The molecule has 82 valence electrons. The Morgan fingerprint density at radius 1 is 1.43 bits per heavy atom. The van der Waals surface area contributed by atoms with Gasteiger partial charge in [0.15, 0.2) is 0 Å². The number of allylic oxidation sites excluding steroid dienone is 1. The largest absolute Gasteiger partial charge is 0.381 e. The number of aldehydes is 1. The molecule has 0 bridgehead atoms. The van der Waals surface area contributed by atoms with Gasteiger partial charge in [0.1, 0.15) is 6.29 Å². The van der Waals surface area contributed by atoms with Gasteiger partial charge in [-0.3, -0.25) is 4.79 Å². The molecule has 0 amide bonds. The fourth-order valence-corrected chi connectivity index (χ4v) is 1.34. The van der Waals surface area contributed by atoms with Gasteiger partial charge in [0.25, 0.3) is 0 Å². The maximum Gasteiger partial charge on any atom is 0.145 e. The molecular weight excluding hydrogens is 176 g/mol. The second-order valence-corrected chi connectivity index (χ2v) is 3.79. The topological polar surface area (TPSA) is 26.3 Å². The van der Waals surface area contributed by atoms with Crippen molar-refractivity contribution >= 4 is 6.29 Å². The number of hydrogen-bond acceptors (Lipinski definition) is 2. The minimum absolute atomic E-state index is 0.268. The molecule has 0 fully saturated rings. The molecule has 2 heteroatoms. The van der Waals surface area contributed by atoms with E-state index in [9.17, 15) is 4.79 Å². The fraction of sp³-hybridized carbons (Fsp3) is 0.750. The third kappa shape index (κ3) is 5.18. The van der Waals surface area contributed by atoms with Gasteiger partial charge in [0, 0.05) is 7.11 Å². The summed E-state index contributed by atoms with van der Waals surface area (Å²) in [6.45, 7) is 6.03. The Morgan fingerprint density at radius 2 is 2.07 bits per heavy atom. The number of methoxy groups -OCH3 is 1. The summed E-state index contributed by atoms with van der Waals surface area (Å²) in [5.41, 5.74) is 1.98. The zero-order chi connectivity index (χ0) is 11.0. The number of unbranched alkanes of at least 4 members (excludes halogenated alkanes) is 1. The monoisotopic (exact) mass is 198 g/mol. The fourth-order valence-electron chi connectivity index (χ4n) is 1.34. The van der Waals surface area contributed by atoms with Crippen LogP contribution < -0.4 is 0 Å². The van der Waals surface area contributed by atoms with E-state index in [1.165, 1.54) is 12.8 Å². The Kier molecular flexibility index (Phi) is 7.40. The van der Waals surface area contributed by atoms with E-state index in [1.807, 2.05) is 13.8 Å². The van der Waals surface area contributed by atoms with Crippen molar-refractivity contribution in [2.75, 3.05) is 7.11 Å². The maximum atomic E-state index is 10.5. The van der Waals surface area contributed by atoms with E-state index in [2.05, 4.69) is 6.92 Å². The quantitative estimate of drug-likeness (QED) is 0.464. The van der Waals surface area contributed by atoms with Crippen molar-refractivity contribution < 1.29 is 9.53 Å². The molecule has 0 aromatic carbocycles. The van der Waals surface area contributed by atoms with Gasteiger partial charge in [-0.25, -0.2) is 0 Å². The zero-order valence-electron chi connectivity index (χ0n) is 9.80. The normalized spacial score (nSPS) is 14.9. The lowest BCUT2D eigenvalue weighted by Crippen LogP contribution is -2.11. The zero-order valence-corrected chi connectivity index (χ0v) is 9.80. The van der Waals surface area contributed by atoms with Crippen LogP contribution in [0.4, 0.5) is 0 Å². The molecule has 0 heterocycles. The lowest BCUT2D eigenvalue weighted by Gasteiger charge is -2.15. The molecule has 0 aliphatic carbocycles. The molecule has 0 radical (unpaired) electrons. The minimum Gasteiger partial charge on any atom is -0.381 e. The first-order valence-electron chi connectivity index (χ1n) is 5.30. The Balaban J connectivity index is 4.10. The molecule has 14 heavy (non-hydrogen) atoms. The molecule has 0 aliphatic rings. The molecule has 0 spiro atoms. The van der Waals surface area contributed by atoms with Crippen LogP contribution in [0.25, 0.3) is 0 Å². The Labute approximate surface area is 87.3 Å². The molecule has 1 unspecified atom stereocenters. The average Bonchev–Trinajstić information content (AvgIpc) is 2.22. The third-order valence-corrected chi connectivity index (χ3v) is 2.60. The first kappa shape index (κ1) is 13.4. The molecule has 0 aromatic rings. The van der Waals surface area contributed by atoms with Crippen molar-refractivity contribution in [3.05, 3.63) is 11.1 Å². The highest BCUT2D eigenvalue weighted by molar-refractivity contribution is 5.73. The molecule has 0 aliphatic heterocycles. The van der Waals surface area contributed by atoms with Crippen LogP contribution in [0, 0.1) is 0 Å². The van der Waals surface area contributed by atoms with Crippen molar-refractivity contribution in [2.45, 2.75) is 52.6 Å². The Hall–Kier alpha value is -0.630. The van der Waals surface area contributed by atoms with Crippen LogP contribution in [-0.2, 0) is 9.53 Å². The first-order chi connectivity index (χ1) is 6.65. The van der Waals surface area contributed by atoms with Crippen LogP contribution in [0.5, 0.6) is 0 Å². The SMILES string of the molecule is CCCCC(C/C(C)=C(\C)C=O)OC. The number of carbonyl (C=O) groups is 1. The van der Waals surface area contributed by atoms with E-state index in [4.69, 9.17) is 4.74 Å². The summed E-state index contributed by atoms with van der Waals surface area (Å²) in [4.78, 5) is 10.5. The van der Waals surface area contributed by atoms with Crippen molar-refractivity contribution in [3.63, 3.8) is 0 Å². The number of hydrogen-bond donors (Lipinski definition) is 0. The molecule has 2 nitrogen and oxygen atoms in total. The number of rotatable bonds is 7. The van der Waals surface area contributed by atoms with Gasteiger partial charge in [0.2, 0.25) is 0 Å². The van der Waals surface area contributed by atoms with Gasteiger partial charge in [-0.2, -0.15) is 0 Å². The lowest BCUT2D eigenvalue weighted by molar-refractivity contribution is -0.104. The summed E-state index contributed by atoms with van der Waals surface area (Å²) in [5.74, 6) is 0. The van der Waals surface area contributed by atoms with Crippen LogP contribution >= 0.6 is 0 Å². The van der Waals surface area contributed by atoms with Crippen LogP contribution in [0.2, 0.25) is 0 Å². The summed E-state index contributed by atoms with van der Waals surface area (Å²) in [6.07, 6.45) is 5.52. The average molecular weight is 198 g/mol. The first-order valence-corrected chi connectivity index (χ1v) is 5.30. The van der Waals surface area contributed by atoms with Gasteiger partial charge >= 0.3 is 0 Å². The van der Waals surface area contributed by atoms with Gasteiger partial charge in [-0.05, 0) is 32.3 Å². The number of carbonyl (C=O) groups excluding carboxylic acids is 1. The summed E-state index contributed by atoms with van der Waals surface area (Å²) < 4.78 is 5.37. The highest BCUT2D eigenvalue weighted by Crippen LogP contribution is 2.15. The maximum absolute atomic E-state index is 10.5. The van der Waals surface area contributed by atoms with Gasteiger partial charge in [-0.15, -0.1) is 0 Å². The molecule has 0 rings (SSSR count). The van der Waals surface area contributed by atoms with Crippen molar-refractivity contribution in [3.8, 4) is 0 Å². The predicted molar refractivity (Wildman–Crippen MR) is 59.4 cm³/mol. The van der Waals surface area contributed by atoms with Gasteiger partial charge < -0.3 is 4.74 Å². The molecule has 0 saturated heterocycles. The minimum atomic E-state index is 0.268. The molecule has 1 atom stereocenters. The smallest absolute Gasteiger partial charge is 0.145 e. The Morgan fingerprint density at radius 3 is 2.50 bits per heavy atom. The van der Waals surface area contributed by atoms with Crippen LogP contribution in [-0.4, -0.2) is 19.5 Å². The van der Waals surface area contributed by atoms with E-state index in [0.29, 0.717) is 0 Å². The second kappa shape index (κ2) is 7.74. The summed E-state index contributed by atoms with van der Waals surface area (Å²) in [5, 5.41) is 0. The summed E-state index contributed by atoms with van der Waals surface area (Å²) in [7, 11) is 1.74. The van der Waals surface area contributed by atoms with Crippen molar-refractivity contribution in [1.29, 1.82) is 0 Å². The predicted octanol–water partition coefficient (Wildman–Crippen LogP) is 3.12. The highest BCUT2D eigenvalue weighted by atomic mass is 16.5. The summed E-state index contributed by atoms with van der Waals surface area (Å²) in [6, 6.07) is 0. The van der Waals surface area contributed by atoms with E-state index in [-0.39, 0.29) is 6.10 Å². The van der Waals surface area contributed by atoms with Crippen LogP contribution in [0.1, 0.15) is 46.5 Å². The highest BCUT2D eigenvalue weighted by Gasteiger charge is 2.08. The third-order valence-electron chi connectivity index (χ3n) is 2.60. The van der Waals surface area contributed by atoms with Crippen molar-refractivity contribution in [2.24, 2.45) is 0 Å². The van der Waals surface area contributed by atoms with Gasteiger partial charge in [-0.1, -0.05) is 25.3 Å². The molecule has 0 aromatic heterocycles. The standard InChI is InChI=1S/C12H22O2/c1-5-6-7-12(14-4)8-10(2)11(3)9-13/h9,12H,5-8H2,1-4H3/b11-10+. The van der Waals surface area contributed by atoms with Gasteiger partial charge in [0.05, 0.1) is 6.10 Å². The van der Waals surface area contributed by atoms with E-state index >= 15 is 0 Å². The lowest BCUT2D eigenvalue weighted by atomic mass is 10.0. The van der Waals surface area contributed by atoms with E-state index < -0.39 is 0 Å². The Bertz CT molecular complexity index is 194. The van der Waals surface area contributed by atoms with Crippen LogP contribution in [0.15, 0.2) is 11.1 Å². The molecule has 0 saturated carbocycles. The van der Waals surface area contributed by atoms with E-state index in [0.717, 1.165) is 30.3 Å². The van der Waals surface area contributed by atoms with E-state index in [1.54, 1.807) is 7.11 Å². The number of ether oxygens (including phenoxy) is 1. The molecule has 0 N–H and O–H groups in total. The van der Waals surface area contributed by atoms with Crippen molar-refractivity contribution in [1.82, 2.24) is 0 Å². The van der Waals surface area contributed by atoms with Crippen LogP contribution in [0.3, 0.4) is 0 Å². The molecular formula is C12H22O2. The second-order valence-electron chi connectivity index (χ2n) is 3.79. The summed E-state index contributed by atoms with van der Waals surface area (Å²) >= 11 is 0.